The topological polar surface area (TPSA) is 61.9 Å². The number of amides is 3. The fourth-order valence-corrected chi connectivity index (χ4v) is 2.89. The smallest absolute Gasteiger partial charge is 0.317 e. The predicted octanol–water partition coefficient (Wildman–Crippen LogP) is 2.25. The second-order valence-corrected chi connectivity index (χ2v) is 6.59. The van der Waals surface area contributed by atoms with Gasteiger partial charge in [-0.2, -0.15) is 0 Å². The average molecular weight is 347 g/mol. The van der Waals surface area contributed by atoms with Gasteiger partial charge in [-0.1, -0.05) is 30.3 Å². The number of benzene rings is 1. The van der Waals surface area contributed by atoms with Gasteiger partial charge in [0.05, 0.1) is 6.10 Å². The highest BCUT2D eigenvalue weighted by atomic mass is 16.5. The molecule has 3 amide bonds. The molecule has 1 atom stereocenters. The van der Waals surface area contributed by atoms with Crippen LogP contribution in [0.15, 0.2) is 30.3 Å². The van der Waals surface area contributed by atoms with Crippen molar-refractivity contribution in [2.24, 2.45) is 0 Å². The van der Waals surface area contributed by atoms with Gasteiger partial charge in [0.2, 0.25) is 5.91 Å². The Balaban J connectivity index is 1.64. The molecule has 0 aliphatic carbocycles. The van der Waals surface area contributed by atoms with Crippen LogP contribution in [-0.2, 0) is 16.1 Å². The molecule has 1 unspecified atom stereocenters. The largest absolute Gasteiger partial charge is 0.376 e. The molecule has 0 radical (unpaired) electrons. The van der Waals surface area contributed by atoms with Gasteiger partial charge in [0.15, 0.2) is 0 Å². The first kappa shape index (κ1) is 19.2. The van der Waals surface area contributed by atoms with E-state index in [1.54, 1.807) is 23.9 Å². The summed E-state index contributed by atoms with van der Waals surface area (Å²) in [7, 11) is 3.54. The molecular formula is C19H29N3O3. The summed E-state index contributed by atoms with van der Waals surface area (Å²) < 4.78 is 5.66. The Morgan fingerprint density at radius 2 is 1.92 bits per heavy atom. The molecule has 1 saturated heterocycles. The standard InChI is InChI=1S/C19H29N3O3/c1-21(15-17-10-6-7-13-25-17)18(23)11-12-20-19(24)22(2)14-16-8-4-3-5-9-16/h3-5,8-9,17H,6-7,10-15H2,1-2H3,(H,20,24). The quantitative estimate of drug-likeness (QED) is 0.823. The summed E-state index contributed by atoms with van der Waals surface area (Å²) in [6.45, 7) is 2.30. The van der Waals surface area contributed by atoms with Gasteiger partial charge in [-0.25, -0.2) is 4.79 Å². The van der Waals surface area contributed by atoms with E-state index in [0.29, 0.717) is 26.1 Å². The molecule has 0 saturated carbocycles. The molecule has 1 heterocycles. The molecule has 1 aliphatic heterocycles. The summed E-state index contributed by atoms with van der Waals surface area (Å²) in [6, 6.07) is 9.64. The van der Waals surface area contributed by atoms with Crippen LogP contribution in [0.25, 0.3) is 0 Å². The number of urea groups is 1. The molecule has 1 aromatic carbocycles. The van der Waals surface area contributed by atoms with Crippen molar-refractivity contribution in [1.29, 1.82) is 0 Å². The highest BCUT2D eigenvalue weighted by Crippen LogP contribution is 2.13. The third kappa shape index (κ3) is 6.74. The van der Waals surface area contributed by atoms with E-state index in [1.807, 2.05) is 30.3 Å². The summed E-state index contributed by atoms with van der Waals surface area (Å²) >= 11 is 0. The first-order chi connectivity index (χ1) is 12.1. The molecule has 6 nitrogen and oxygen atoms in total. The Morgan fingerprint density at radius 1 is 1.16 bits per heavy atom. The fourth-order valence-electron chi connectivity index (χ4n) is 2.89. The van der Waals surface area contributed by atoms with Gasteiger partial charge in [0.25, 0.3) is 0 Å². The Labute approximate surface area is 150 Å². The van der Waals surface area contributed by atoms with Crippen LogP contribution in [0.5, 0.6) is 0 Å². The number of hydrogen-bond donors (Lipinski definition) is 1. The molecule has 1 aliphatic rings. The molecule has 25 heavy (non-hydrogen) atoms. The molecule has 0 aromatic heterocycles. The molecule has 1 fully saturated rings. The molecule has 1 N–H and O–H groups in total. The Hall–Kier alpha value is -2.08. The van der Waals surface area contributed by atoms with E-state index in [2.05, 4.69) is 5.32 Å². The average Bonchev–Trinajstić information content (AvgIpc) is 2.63. The van der Waals surface area contributed by atoms with Gasteiger partial charge < -0.3 is 19.9 Å². The Morgan fingerprint density at radius 3 is 2.60 bits per heavy atom. The lowest BCUT2D eigenvalue weighted by Crippen LogP contribution is -2.41. The minimum atomic E-state index is -0.171. The van der Waals surface area contributed by atoms with Crippen molar-refractivity contribution in [3.8, 4) is 0 Å². The highest BCUT2D eigenvalue weighted by Gasteiger charge is 2.19. The van der Waals surface area contributed by atoms with Gasteiger partial charge in [0, 0.05) is 46.8 Å². The highest BCUT2D eigenvalue weighted by molar-refractivity contribution is 5.78. The third-order valence-electron chi connectivity index (χ3n) is 4.40. The van der Waals surface area contributed by atoms with Gasteiger partial charge >= 0.3 is 6.03 Å². The summed E-state index contributed by atoms with van der Waals surface area (Å²) in [4.78, 5) is 27.6. The zero-order valence-electron chi connectivity index (χ0n) is 15.2. The normalized spacial score (nSPS) is 17.0. The maximum Gasteiger partial charge on any atom is 0.317 e. The zero-order chi connectivity index (χ0) is 18.1. The second kappa shape index (κ2) is 10.0. The first-order valence-electron chi connectivity index (χ1n) is 8.94. The predicted molar refractivity (Wildman–Crippen MR) is 97.2 cm³/mol. The number of carbonyl (C=O) groups excluding carboxylic acids is 2. The molecule has 0 bridgehead atoms. The minimum absolute atomic E-state index is 0.0279. The van der Waals surface area contributed by atoms with Crippen LogP contribution in [0.2, 0.25) is 0 Å². The van der Waals surface area contributed by atoms with E-state index in [1.165, 1.54) is 0 Å². The SMILES string of the molecule is CN(CC1CCCCO1)C(=O)CCNC(=O)N(C)Cc1ccccc1. The lowest BCUT2D eigenvalue weighted by molar-refractivity contribution is -0.132. The van der Waals surface area contributed by atoms with Gasteiger partial charge in [-0.15, -0.1) is 0 Å². The van der Waals surface area contributed by atoms with Gasteiger partial charge in [-0.3, -0.25) is 4.79 Å². The van der Waals surface area contributed by atoms with Crippen molar-refractivity contribution in [2.75, 3.05) is 33.8 Å². The van der Waals surface area contributed by atoms with E-state index >= 15 is 0 Å². The molecular weight excluding hydrogens is 318 g/mol. The number of likely N-dealkylation sites (N-methyl/N-ethyl adjacent to an activating group) is 1. The van der Waals surface area contributed by atoms with Crippen LogP contribution in [0.3, 0.4) is 0 Å². The summed E-state index contributed by atoms with van der Waals surface area (Å²) in [5, 5.41) is 2.80. The second-order valence-electron chi connectivity index (χ2n) is 6.59. The van der Waals surface area contributed by atoms with Crippen LogP contribution >= 0.6 is 0 Å². The molecule has 1 aromatic rings. The van der Waals surface area contributed by atoms with Crippen molar-refractivity contribution < 1.29 is 14.3 Å². The van der Waals surface area contributed by atoms with Crippen LogP contribution < -0.4 is 5.32 Å². The minimum Gasteiger partial charge on any atom is -0.376 e. The van der Waals surface area contributed by atoms with Gasteiger partial charge in [-0.05, 0) is 24.8 Å². The Kier molecular flexibility index (Phi) is 7.73. The maximum absolute atomic E-state index is 12.2. The van der Waals surface area contributed by atoms with E-state index in [9.17, 15) is 9.59 Å². The van der Waals surface area contributed by atoms with E-state index in [0.717, 1.165) is 31.4 Å². The number of rotatable bonds is 7. The third-order valence-corrected chi connectivity index (χ3v) is 4.40. The van der Waals surface area contributed by atoms with E-state index in [-0.39, 0.29) is 18.0 Å². The fraction of sp³-hybridized carbons (Fsp3) is 0.579. The maximum atomic E-state index is 12.2. The zero-order valence-corrected chi connectivity index (χ0v) is 15.2. The molecule has 2 rings (SSSR count). The van der Waals surface area contributed by atoms with Crippen molar-refractivity contribution in [1.82, 2.24) is 15.1 Å². The van der Waals surface area contributed by atoms with Crippen molar-refractivity contribution >= 4 is 11.9 Å². The summed E-state index contributed by atoms with van der Waals surface area (Å²) in [5.41, 5.74) is 1.07. The molecule has 0 spiro atoms. The molecule has 6 heteroatoms. The van der Waals surface area contributed by atoms with Crippen LogP contribution in [0, 0.1) is 0 Å². The number of carbonyl (C=O) groups is 2. The number of hydrogen-bond acceptors (Lipinski definition) is 3. The summed E-state index contributed by atoms with van der Waals surface area (Å²) in [5.74, 6) is 0.0279. The monoisotopic (exact) mass is 347 g/mol. The van der Waals surface area contributed by atoms with Gasteiger partial charge in [0.1, 0.15) is 0 Å². The van der Waals surface area contributed by atoms with Crippen LogP contribution in [0.1, 0.15) is 31.2 Å². The van der Waals surface area contributed by atoms with Crippen molar-refractivity contribution in [3.63, 3.8) is 0 Å². The number of ether oxygens (including phenoxy) is 1. The van der Waals surface area contributed by atoms with Crippen LogP contribution in [0.4, 0.5) is 4.79 Å². The van der Waals surface area contributed by atoms with Crippen molar-refractivity contribution in [3.05, 3.63) is 35.9 Å². The Bertz CT molecular complexity index is 544. The lowest BCUT2D eigenvalue weighted by atomic mass is 10.1. The molecule has 138 valence electrons. The number of nitrogens with zero attached hydrogens (tertiary/aromatic N) is 2. The van der Waals surface area contributed by atoms with E-state index in [4.69, 9.17) is 4.74 Å². The van der Waals surface area contributed by atoms with E-state index < -0.39 is 0 Å². The first-order valence-corrected chi connectivity index (χ1v) is 8.94. The number of nitrogens with one attached hydrogen (secondary N) is 1. The van der Waals surface area contributed by atoms with Crippen molar-refractivity contribution in [2.45, 2.75) is 38.3 Å². The lowest BCUT2D eigenvalue weighted by Gasteiger charge is -2.27. The van der Waals surface area contributed by atoms with Crippen LogP contribution in [-0.4, -0.2) is 61.6 Å². The summed E-state index contributed by atoms with van der Waals surface area (Å²) in [6.07, 6.45) is 3.73.